The van der Waals surface area contributed by atoms with Crippen LogP contribution in [0.5, 0.6) is 5.75 Å². The predicted molar refractivity (Wildman–Crippen MR) is 90.2 cm³/mol. The fourth-order valence-corrected chi connectivity index (χ4v) is 2.13. The number of anilines is 1. The van der Waals surface area contributed by atoms with E-state index >= 15 is 0 Å². The van der Waals surface area contributed by atoms with Gasteiger partial charge in [-0.15, -0.1) is 0 Å². The van der Waals surface area contributed by atoms with Crippen LogP contribution in [0.1, 0.15) is 38.8 Å². The Balaban J connectivity index is 1.99. The second kappa shape index (κ2) is 6.65. The summed E-state index contributed by atoms with van der Waals surface area (Å²) in [5, 5.41) is 2.75. The Bertz CT molecular complexity index is 639. The first-order chi connectivity index (χ1) is 10.3. The lowest BCUT2D eigenvalue weighted by molar-refractivity contribution is -0.114. The first kappa shape index (κ1) is 16.1. The molecule has 0 aliphatic heterocycles. The Kier molecular flexibility index (Phi) is 4.86. The van der Waals surface area contributed by atoms with Gasteiger partial charge in [-0.05, 0) is 28.7 Å². The molecule has 22 heavy (non-hydrogen) atoms. The van der Waals surface area contributed by atoms with Gasteiger partial charge in [-0.1, -0.05) is 51.1 Å². The minimum atomic E-state index is -0.0880. The molecule has 2 aromatic carbocycles. The van der Waals surface area contributed by atoms with Crippen LogP contribution in [0.3, 0.4) is 0 Å². The summed E-state index contributed by atoms with van der Waals surface area (Å²) in [5.74, 6) is 0.654. The third kappa shape index (κ3) is 4.62. The molecule has 2 aromatic rings. The highest BCUT2D eigenvalue weighted by atomic mass is 16.5. The molecule has 0 atom stereocenters. The number of ether oxygens (including phenoxy) is 1. The van der Waals surface area contributed by atoms with Crippen molar-refractivity contribution in [1.29, 1.82) is 0 Å². The molecule has 0 aliphatic carbocycles. The van der Waals surface area contributed by atoms with Crippen LogP contribution < -0.4 is 10.1 Å². The Morgan fingerprint density at radius 2 is 1.77 bits per heavy atom. The van der Waals surface area contributed by atoms with E-state index in [4.69, 9.17) is 4.74 Å². The lowest BCUT2D eigenvalue weighted by Gasteiger charge is -2.19. The summed E-state index contributed by atoms with van der Waals surface area (Å²) < 4.78 is 5.79. The molecule has 0 aromatic heterocycles. The highest BCUT2D eigenvalue weighted by molar-refractivity contribution is 5.88. The summed E-state index contributed by atoms with van der Waals surface area (Å²) in [6.07, 6.45) is 0. The Hall–Kier alpha value is -2.29. The van der Waals surface area contributed by atoms with E-state index in [0.717, 1.165) is 17.0 Å². The molecule has 0 radical (unpaired) electrons. The van der Waals surface area contributed by atoms with E-state index in [2.05, 4.69) is 50.4 Å². The number of amides is 1. The van der Waals surface area contributed by atoms with E-state index in [1.165, 1.54) is 12.5 Å². The fourth-order valence-electron chi connectivity index (χ4n) is 2.13. The zero-order valence-electron chi connectivity index (χ0n) is 13.6. The Morgan fingerprint density at radius 3 is 2.36 bits per heavy atom. The van der Waals surface area contributed by atoms with Crippen molar-refractivity contribution in [2.75, 3.05) is 5.32 Å². The first-order valence-corrected chi connectivity index (χ1v) is 7.44. The predicted octanol–water partition coefficient (Wildman–Crippen LogP) is 4.52. The minimum Gasteiger partial charge on any atom is -0.489 e. The third-order valence-corrected chi connectivity index (χ3v) is 3.38. The highest BCUT2D eigenvalue weighted by Gasteiger charge is 2.12. The van der Waals surface area contributed by atoms with Crippen molar-refractivity contribution in [3.63, 3.8) is 0 Å². The summed E-state index contributed by atoms with van der Waals surface area (Å²) in [4.78, 5) is 11.1. The van der Waals surface area contributed by atoms with Crippen molar-refractivity contribution in [2.24, 2.45) is 0 Å². The van der Waals surface area contributed by atoms with Crippen LogP contribution in [-0.2, 0) is 16.8 Å². The summed E-state index contributed by atoms with van der Waals surface area (Å²) in [6.45, 7) is 8.60. The smallest absolute Gasteiger partial charge is 0.221 e. The number of rotatable bonds is 4. The second-order valence-electron chi connectivity index (χ2n) is 6.44. The monoisotopic (exact) mass is 297 g/mol. The topological polar surface area (TPSA) is 38.3 Å². The first-order valence-electron chi connectivity index (χ1n) is 7.44. The molecule has 116 valence electrons. The zero-order valence-corrected chi connectivity index (χ0v) is 13.6. The molecule has 0 spiro atoms. The molecule has 0 bridgehead atoms. The van der Waals surface area contributed by atoms with Crippen molar-refractivity contribution in [3.05, 3.63) is 59.7 Å². The van der Waals surface area contributed by atoms with Crippen LogP contribution >= 0.6 is 0 Å². The summed E-state index contributed by atoms with van der Waals surface area (Å²) >= 11 is 0. The van der Waals surface area contributed by atoms with Crippen molar-refractivity contribution in [1.82, 2.24) is 0 Å². The van der Waals surface area contributed by atoms with Crippen molar-refractivity contribution in [2.45, 2.75) is 39.7 Å². The van der Waals surface area contributed by atoms with Gasteiger partial charge in [0.05, 0.1) is 0 Å². The van der Waals surface area contributed by atoms with Gasteiger partial charge in [0.2, 0.25) is 5.91 Å². The number of hydrogen-bond acceptors (Lipinski definition) is 2. The minimum absolute atomic E-state index is 0.0880. The van der Waals surface area contributed by atoms with Gasteiger partial charge < -0.3 is 10.1 Å². The second-order valence-corrected chi connectivity index (χ2v) is 6.44. The number of carbonyl (C=O) groups excluding carboxylic acids is 1. The molecule has 0 saturated carbocycles. The normalized spacial score (nSPS) is 11.1. The van der Waals surface area contributed by atoms with E-state index in [1.807, 2.05) is 24.3 Å². The molecule has 1 N–H and O–H groups in total. The molecular formula is C19H23NO2. The summed E-state index contributed by atoms with van der Waals surface area (Å²) in [7, 11) is 0. The average Bonchev–Trinajstić information content (AvgIpc) is 2.44. The SMILES string of the molecule is CC(=O)Nc1cccc(OCc2ccc(C(C)(C)C)cc2)c1. The average molecular weight is 297 g/mol. The van der Waals surface area contributed by atoms with Crippen LogP contribution in [0.2, 0.25) is 0 Å². The number of carbonyl (C=O) groups is 1. The largest absolute Gasteiger partial charge is 0.489 e. The number of nitrogens with one attached hydrogen (secondary N) is 1. The molecule has 3 heteroatoms. The van der Waals surface area contributed by atoms with Crippen LogP contribution in [-0.4, -0.2) is 5.91 Å². The fraction of sp³-hybridized carbons (Fsp3) is 0.316. The molecular weight excluding hydrogens is 274 g/mol. The molecule has 0 heterocycles. The third-order valence-electron chi connectivity index (χ3n) is 3.38. The van der Waals surface area contributed by atoms with Crippen LogP contribution in [0.25, 0.3) is 0 Å². The maximum absolute atomic E-state index is 11.1. The van der Waals surface area contributed by atoms with Gasteiger partial charge >= 0.3 is 0 Å². The van der Waals surface area contributed by atoms with Crippen LogP contribution in [0.4, 0.5) is 5.69 Å². The van der Waals surface area contributed by atoms with Gasteiger partial charge in [-0.3, -0.25) is 4.79 Å². The molecule has 0 fully saturated rings. The molecule has 0 unspecified atom stereocenters. The van der Waals surface area contributed by atoms with Gasteiger partial charge in [-0.2, -0.15) is 0 Å². The van der Waals surface area contributed by atoms with Gasteiger partial charge in [0.25, 0.3) is 0 Å². The maximum Gasteiger partial charge on any atom is 0.221 e. The lowest BCUT2D eigenvalue weighted by Crippen LogP contribution is -2.10. The van der Waals surface area contributed by atoms with Crippen LogP contribution in [0.15, 0.2) is 48.5 Å². The van der Waals surface area contributed by atoms with E-state index < -0.39 is 0 Å². The number of benzene rings is 2. The van der Waals surface area contributed by atoms with E-state index in [1.54, 1.807) is 0 Å². The summed E-state index contributed by atoms with van der Waals surface area (Å²) in [5.41, 5.74) is 3.33. The maximum atomic E-state index is 11.1. The molecule has 1 amide bonds. The van der Waals surface area contributed by atoms with Crippen molar-refractivity contribution >= 4 is 11.6 Å². The zero-order chi connectivity index (χ0) is 16.2. The number of hydrogen-bond donors (Lipinski definition) is 1. The summed E-state index contributed by atoms with van der Waals surface area (Å²) in [6, 6.07) is 15.9. The highest BCUT2D eigenvalue weighted by Crippen LogP contribution is 2.23. The molecule has 3 nitrogen and oxygen atoms in total. The standard InChI is InChI=1S/C19H23NO2/c1-14(21)20-17-6-5-7-18(12-17)22-13-15-8-10-16(11-9-15)19(2,3)4/h5-12H,13H2,1-4H3,(H,20,21). The lowest BCUT2D eigenvalue weighted by atomic mass is 9.87. The molecule has 2 rings (SSSR count). The molecule has 0 saturated heterocycles. The Morgan fingerprint density at radius 1 is 1.09 bits per heavy atom. The van der Waals surface area contributed by atoms with Crippen LogP contribution in [0, 0.1) is 0 Å². The van der Waals surface area contributed by atoms with Gasteiger partial charge in [0.1, 0.15) is 12.4 Å². The van der Waals surface area contributed by atoms with Gasteiger partial charge in [-0.25, -0.2) is 0 Å². The van der Waals surface area contributed by atoms with Crippen molar-refractivity contribution < 1.29 is 9.53 Å². The quantitative estimate of drug-likeness (QED) is 0.901. The molecule has 0 aliphatic rings. The van der Waals surface area contributed by atoms with Gasteiger partial charge in [0, 0.05) is 18.7 Å². The Labute approximate surface area is 132 Å². The van der Waals surface area contributed by atoms with E-state index in [-0.39, 0.29) is 11.3 Å². The van der Waals surface area contributed by atoms with Gasteiger partial charge in [0.15, 0.2) is 0 Å². The van der Waals surface area contributed by atoms with E-state index in [9.17, 15) is 4.79 Å². The van der Waals surface area contributed by atoms with Crippen molar-refractivity contribution in [3.8, 4) is 5.75 Å². The van der Waals surface area contributed by atoms with E-state index in [0.29, 0.717) is 6.61 Å².